The van der Waals surface area contributed by atoms with E-state index in [1.807, 2.05) is 54.6 Å². The molecule has 0 unspecified atom stereocenters. The number of benzene rings is 4. The highest BCUT2D eigenvalue weighted by molar-refractivity contribution is 6.30. The quantitative estimate of drug-likeness (QED) is 0.177. The summed E-state index contributed by atoms with van der Waals surface area (Å²) < 4.78 is 17.1. The molecular formula is C29H24Cl2N2O4. The maximum absolute atomic E-state index is 12.4. The van der Waals surface area contributed by atoms with Crippen LogP contribution in [-0.2, 0) is 13.2 Å². The Balaban J connectivity index is 1.29. The molecule has 0 aliphatic carbocycles. The van der Waals surface area contributed by atoms with Crippen molar-refractivity contribution in [3.8, 4) is 17.2 Å². The molecule has 0 saturated heterocycles. The standard InChI is InChI=1S/C29H24Cl2N2O4/c1-35-28-16-22(6-15-27(28)37-19-21-4-11-25(31)12-5-21)17-32-33-29(34)23-7-13-26(14-8-23)36-18-20-2-9-24(30)10-3-20/h2-17H,18-19H2,1H3,(H,33,34). The lowest BCUT2D eigenvalue weighted by Gasteiger charge is -2.11. The number of hydrogen-bond acceptors (Lipinski definition) is 5. The zero-order valence-electron chi connectivity index (χ0n) is 20.0. The van der Waals surface area contributed by atoms with Crippen molar-refractivity contribution in [2.75, 3.05) is 7.11 Å². The lowest BCUT2D eigenvalue weighted by atomic mass is 10.2. The third-order valence-electron chi connectivity index (χ3n) is 5.31. The molecule has 0 aliphatic rings. The van der Waals surface area contributed by atoms with E-state index >= 15 is 0 Å². The van der Waals surface area contributed by atoms with E-state index in [0.29, 0.717) is 46.1 Å². The minimum Gasteiger partial charge on any atom is -0.493 e. The van der Waals surface area contributed by atoms with Crippen molar-refractivity contribution in [1.29, 1.82) is 0 Å². The second-order valence-corrected chi connectivity index (χ2v) is 8.84. The van der Waals surface area contributed by atoms with Crippen LogP contribution in [0.4, 0.5) is 0 Å². The summed E-state index contributed by atoms with van der Waals surface area (Å²) in [6, 6.07) is 27.1. The highest BCUT2D eigenvalue weighted by Crippen LogP contribution is 2.28. The second kappa shape index (κ2) is 12.8. The molecule has 0 saturated carbocycles. The molecule has 0 bridgehead atoms. The number of methoxy groups -OCH3 is 1. The van der Waals surface area contributed by atoms with Crippen LogP contribution in [0.5, 0.6) is 17.2 Å². The number of hydrogen-bond donors (Lipinski definition) is 1. The van der Waals surface area contributed by atoms with E-state index in [-0.39, 0.29) is 5.91 Å². The van der Waals surface area contributed by atoms with Gasteiger partial charge in [0.05, 0.1) is 13.3 Å². The van der Waals surface area contributed by atoms with Gasteiger partial charge in [-0.05, 0) is 83.4 Å². The molecule has 0 atom stereocenters. The molecular weight excluding hydrogens is 511 g/mol. The van der Waals surface area contributed by atoms with Crippen LogP contribution >= 0.6 is 23.2 Å². The average molecular weight is 535 g/mol. The monoisotopic (exact) mass is 534 g/mol. The molecule has 1 N–H and O–H groups in total. The lowest BCUT2D eigenvalue weighted by molar-refractivity contribution is 0.0955. The Labute approximate surface area is 225 Å². The molecule has 8 heteroatoms. The van der Waals surface area contributed by atoms with Gasteiger partial charge in [0, 0.05) is 15.6 Å². The van der Waals surface area contributed by atoms with E-state index in [1.54, 1.807) is 43.5 Å². The number of amides is 1. The maximum atomic E-state index is 12.4. The summed E-state index contributed by atoms with van der Waals surface area (Å²) in [5.41, 5.74) is 5.71. The first-order valence-electron chi connectivity index (χ1n) is 11.4. The van der Waals surface area contributed by atoms with E-state index in [4.69, 9.17) is 37.4 Å². The van der Waals surface area contributed by atoms with E-state index in [2.05, 4.69) is 10.5 Å². The van der Waals surface area contributed by atoms with Crippen molar-refractivity contribution >= 4 is 35.3 Å². The minimum atomic E-state index is -0.338. The Bertz CT molecular complexity index is 1360. The third-order valence-corrected chi connectivity index (χ3v) is 5.81. The van der Waals surface area contributed by atoms with Crippen LogP contribution in [0.2, 0.25) is 10.0 Å². The number of halogens is 2. The van der Waals surface area contributed by atoms with E-state index < -0.39 is 0 Å². The van der Waals surface area contributed by atoms with Gasteiger partial charge >= 0.3 is 0 Å². The first-order valence-corrected chi connectivity index (χ1v) is 12.1. The fourth-order valence-corrected chi connectivity index (χ4v) is 3.56. The molecule has 4 rings (SSSR count). The van der Waals surface area contributed by atoms with E-state index in [9.17, 15) is 4.79 Å². The Morgan fingerprint density at radius 1 is 0.784 bits per heavy atom. The molecule has 0 radical (unpaired) electrons. The Kier molecular flexibility index (Phi) is 9.03. The van der Waals surface area contributed by atoms with Crippen molar-refractivity contribution in [2.24, 2.45) is 5.10 Å². The van der Waals surface area contributed by atoms with Gasteiger partial charge in [-0.25, -0.2) is 5.43 Å². The van der Waals surface area contributed by atoms with Crippen LogP contribution < -0.4 is 19.6 Å². The van der Waals surface area contributed by atoms with Gasteiger partial charge in [0.1, 0.15) is 19.0 Å². The topological polar surface area (TPSA) is 69.2 Å². The fraction of sp³-hybridized carbons (Fsp3) is 0.103. The number of nitrogens with one attached hydrogen (secondary N) is 1. The Hall–Kier alpha value is -4.00. The first-order chi connectivity index (χ1) is 18.0. The molecule has 0 heterocycles. The zero-order valence-corrected chi connectivity index (χ0v) is 21.5. The van der Waals surface area contributed by atoms with Gasteiger partial charge in [-0.1, -0.05) is 47.5 Å². The summed E-state index contributed by atoms with van der Waals surface area (Å²) in [7, 11) is 1.57. The summed E-state index contributed by atoms with van der Waals surface area (Å²) in [4.78, 5) is 12.4. The lowest BCUT2D eigenvalue weighted by Crippen LogP contribution is -2.17. The van der Waals surface area contributed by atoms with Crippen LogP contribution in [0.1, 0.15) is 27.0 Å². The van der Waals surface area contributed by atoms with Gasteiger partial charge in [0.2, 0.25) is 0 Å². The average Bonchev–Trinajstić information content (AvgIpc) is 2.93. The largest absolute Gasteiger partial charge is 0.493 e. The van der Waals surface area contributed by atoms with Crippen molar-refractivity contribution < 1.29 is 19.0 Å². The summed E-state index contributed by atoms with van der Waals surface area (Å²) in [5.74, 6) is 1.46. The van der Waals surface area contributed by atoms with Gasteiger partial charge in [0.25, 0.3) is 5.91 Å². The minimum absolute atomic E-state index is 0.338. The third kappa shape index (κ3) is 7.74. The predicted molar refractivity (Wildman–Crippen MR) is 146 cm³/mol. The summed E-state index contributed by atoms with van der Waals surface area (Å²) in [5, 5.41) is 5.41. The molecule has 37 heavy (non-hydrogen) atoms. The van der Waals surface area contributed by atoms with Gasteiger partial charge in [-0.3, -0.25) is 4.79 Å². The number of carbonyl (C=O) groups excluding carboxylic acids is 1. The van der Waals surface area contributed by atoms with Crippen molar-refractivity contribution in [3.05, 3.63) is 123 Å². The predicted octanol–water partition coefficient (Wildman–Crippen LogP) is 6.92. The normalized spacial score (nSPS) is 10.8. The number of ether oxygens (including phenoxy) is 3. The van der Waals surface area contributed by atoms with Crippen LogP contribution in [0.25, 0.3) is 0 Å². The van der Waals surface area contributed by atoms with Crippen LogP contribution in [-0.4, -0.2) is 19.2 Å². The molecule has 0 aromatic heterocycles. The second-order valence-electron chi connectivity index (χ2n) is 7.96. The smallest absolute Gasteiger partial charge is 0.271 e. The Morgan fingerprint density at radius 2 is 1.38 bits per heavy atom. The van der Waals surface area contributed by atoms with E-state index in [0.717, 1.165) is 16.7 Å². The fourth-order valence-electron chi connectivity index (χ4n) is 3.31. The molecule has 6 nitrogen and oxygen atoms in total. The number of nitrogens with zero attached hydrogens (tertiary/aromatic N) is 1. The molecule has 0 spiro atoms. The molecule has 188 valence electrons. The molecule has 4 aromatic rings. The highest BCUT2D eigenvalue weighted by atomic mass is 35.5. The summed E-state index contributed by atoms with van der Waals surface area (Å²) >= 11 is 11.8. The SMILES string of the molecule is COc1cc(C=NNC(=O)c2ccc(OCc3ccc(Cl)cc3)cc2)ccc1OCc1ccc(Cl)cc1. The van der Waals surface area contributed by atoms with Crippen LogP contribution in [0.3, 0.4) is 0 Å². The van der Waals surface area contributed by atoms with Crippen LogP contribution in [0, 0.1) is 0 Å². The van der Waals surface area contributed by atoms with E-state index in [1.165, 1.54) is 6.21 Å². The molecule has 1 amide bonds. The number of rotatable bonds is 10. The van der Waals surface area contributed by atoms with Crippen molar-refractivity contribution in [1.82, 2.24) is 5.43 Å². The first kappa shape index (κ1) is 26.1. The number of hydrazone groups is 1. The highest BCUT2D eigenvalue weighted by Gasteiger charge is 2.07. The van der Waals surface area contributed by atoms with Gasteiger partial charge < -0.3 is 14.2 Å². The molecule has 4 aromatic carbocycles. The van der Waals surface area contributed by atoms with Gasteiger partial charge in [0.15, 0.2) is 11.5 Å². The summed E-state index contributed by atoms with van der Waals surface area (Å²) in [6.07, 6.45) is 1.53. The molecule has 0 fully saturated rings. The molecule has 0 aliphatic heterocycles. The summed E-state index contributed by atoms with van der Waals surface area (Å²) in [6.45, 7) is 0.781. The van der Waals surface area contributed by atoms with Gasteiger partial charge in [-0.2, -0.15) is 5.10 Å². The van der Waals surface area contributed by atoms with Crippen LogP contribution in [0.15, 0.2) is 96.1 Å². The van der Waals surface area contributed by atoms with Crippen molar-refractivity contribution in [3.63, 3.8) is 0 Å². The number of carbonyl (C=O) groups is 1. The Morgan fingerprint density at radius 3 is 1.97 bits per heavy atom. The maximum Gasteiger partial charge on any atom is 0.271 e. The zero-order chi connectivity index (χ0) is 26.0. The van der Waals surface area contributed by atoms with Crippen molar-refractivity contribution in [2.45, 2.75) is 13.2 Å². The van der Waals surface area contributed by atoms with Gasteiger partial charge in [-0.15, -0.1) is 0 Å².